The summed E-state index contributed by atoms with van der Waals surface area (Å²) in [6, 6.07) is 4.26. The number of aromatic nitrogens is 2. The van der Waals surface area contributed by atoms with E-state index in [1.54, 1.807) is 10.7 Å². The van der Waals surface area contributed by atoms with Crippen LogP contribution in [0.5, 0.6) is 5.75 Å². The van der Waals surface area contributed by atoms with E-state index < -0.39 is 5.82 Å². The second-order valence-corrected chi connectivity index (χ2v) is 5.41. The van der Waals surface area contributed by atoms with E-state index in [0.29, 0.717) is 15.9 Å². The Kier molecular flexibility index (Phi) is 4.23. The summed E-state index contributed by atoms with van der Waals surface area (Å²) in [4.78, 5) is 12.6. The van der Waals surface area contributed by atoms with E-state index in [1.165, 1.54) is 25.4 Å². The van der Waals surface area contributed by atoms with Crippen LogP contribution in [0.4, 0.5) is 4.39 Å². The van der Waals surface area contributed by atoms with Crippen molar-refractivity contribution < 1.29 is 13.9 Å². The molecule has 1 aromatic carbocycles. The van der Waals surface area contributed by atoms with Gasteiger partial charge in [-0.2, -0.15) is 5.10 Å². The Morgan fingerprint density at radius 3 is 2.70 bits per heavy atom. The van der Waals surface area contributed by atoms with Crippen molar-refractivity contribution in [3.05, 3.63) is 45.9 Å². The van der Waals surface area contributed by atoms with Crippen LogP contribution in [0.1, 0.15) is 35.9 Å². The van der Waals surface area contributed by atoms with Gasteiger partial charge in [0.2, 0.25) is 5.78 Å². The molecule has 0 bridgehead atoms. The number of carbonyl (C=O) groups excluding carboxylic acids is 1. The van der Waals surface area contributed by atoms with E-state index in [0.717, 1.165) is 0 Å². The van der Waals surface area contributed by atoms with Crippen molar-refractivity contribution in [2.75, 3.05) is 7.11 Å². The van der Waals surface area contributed by atoms with Gasteiger partial charge in [0.1, 0.15) is 5.82 Å². The van der Waals surface area contributed by atoms with Crippen molar-refractivity contribution in [2.45, 2.75) is 19.9 Å². The number of rotatable bonds is 4. The lowest BCUT2D eigenvalue weighted by Gasteiger charge is -2.11. The standard InChI is InChI=1S/C14H14BrFN2O2/c1-8(2)18-13(12(20-3)7-17-18)14(19)9-4-5-10(15)11(16)6-9/h4-8H,1-3H3. The van der Waals surface area contributed by atoms with Crippen molar-refractivity contribution in [2.24, 2.45) is 0 Å². The molecule has 0 saturated carbocycles. The van der Waals surface area contributed by atoms with Gasteiger partial charge in [0.15, 0.2) is 11.4 Å². The van der Waals surface area contributed by atoms with E-state index in [1.807, 2.05) is 13.8 Å². The zero-order chi connectivity index (χ0) is 14.9. The van der Waals surface area contributed by atoms with Gasteiger partial charge in [-0.25, -0.2) is 4.39 Å². The summed E-state index contributed by atoms with van der Waals surface area (Å²) < 4.78 is 20.6. The molecule has 0 aliphatic carbocycles. The quantitative estimate of drug-likeness (QED) is 0.798. The number of benzene rings is 1. The molecule has 106 valence electrons. The van der Waals surface area contributed by atoms with Crippen LogP contribution in [0.3, 0.4) is 0 Å². The molecule has 0 fully saturated rings. The van der Waals surface area contributed by atoms with Gasteiger partial charge in [-0.3, -0.25) is 9.48 Å². The second-order valence-electron chi connectivity index (χ2n) is 4.56. The summed E-state index contributed by atoms with van der Waals surface area (Å²) in [5.74, 6) is -0.420. The van der Waals surface area contributed by atoms with Gasteiger partial charge < -0.3 is 4.74 Å². The summed E-state index contributed by atoms with van der Waals surface area (Å²) >= 11 is 3.06. The largest absolute Gasteiger partial charge is 0.493 e. The molecule has 0 amide bonds. The first kappa shape index (κ1) is 14.7. The minimum Gasteiger partial charge on any atom is -0.493 e. The molecule has 0 aliphatic heterocycles. The Bertz CT molecular complexity index is 653. The lowest BCUT2D eigenvalue weighted by Crippen LogP contribution is -2.14. The molecule has 0 aliphatic rings. The fourth-order valence-electron chi connectivity index (χ4n) is 1.88. The second kappa shape index (κ2) is 5.75. The molecule has 20 heavy (non-hydrogen) atoms. The van der Waals surface area contributed by atoms with Crippen LogP contribution in [0.15, 0.2) is 28.9 Å². The number of ketones is 1. The van der Waals surface area contributed by atoms with Crippen LogP contribution in [-0.4, -0.2) is 22.7 Å². The average Bonchev–Trinajstić information content (AvgIpc) is 2.85. The molecule has 1 aromatic heterocycles. The van der Waals surface area contributed by atoms with Crippen LogP contribution in [0, 0.1) is 5.82 Å². The molecular formula is C14H14BrFN2O2. The third-order valence-corrected chi connectivity index (χ3v) is 3.51. The predicted octanol–water partition coefficient (Wildman–Crippen LogP) is 3.61. The van der Waals surface area contributed by atoms with E-state index in [9.17, 15) is 9.18 Å². The van der Waals surface area contributed by atoms with E-state index in [-0.39, 0.29) is 17.4 Å². The van der Waals surface area contributed by atoms with E-state index in [2.05, 4.69) is 21.0 Å². The average molecular weight is 341 g/mol. The molecule has 0 N–H and O–H groups in total. The fourth-order valence-corrected chi connectivity index (χ4v) is 2.12. The summed E-state index contributed by atoms with van der Waals surface area (Å²) in [6.07, 6.45) is 1.49. The number of nitrogens with zero attached hydrogens (tertiary/aromatic N) is 2. The fraction of sp³-hybridized carbons (Fsp3) is 0.286. The minimum absolute atomic E-state index is 0.00172. The Balaban J connectivity index is 2.52. The van der Waals surface area contributed by atoms with Crippen molar-refractivity contribution in [3.8, 4) is 5.75 Å². The van der Waals surface area contributed by atoms with Crippen molar-refractivity contribution in [3.63, 3.8) is 0 Å². The number of halogens is 2. The number of methoxy groups -OCH3 is 1. The molecule has 2 aromatic rings. The summed E-state index contributed by atoms with van der Waals surface area (Å²) in [5.41, 5.74) is 0.579. The van der Waals surface area contributed by atoms with Crippen LogP contribution < -0.4 is 4.74 Å². The monoisotopic (exact) mass is 340 g/mol. The number of hydrogen-bond donors (Lipinski definition) is 0. The number of hydrogen-bond acceptors (Lipinski definition) is 3. The number of carbonyl (C=O) groups is 1. The minimum atomic E-state index is -0.481. The van der Waals surface area contributed by atoms with Gasteiger partial charge in [-0.1, -0.05) is 0 Å². The third-order valence-electron chi connectivity index (χ3n) is 2.87. The summed E-state index contributed by atoms with van der Waals surface area (Å²) in [7, 11) is 1.47. The maximum Gasteiger partial charge on any atom is 0.214 e. The van der Waals surface area contributed by atoms with E-state index >= 15 is 0 Å². The summed E-state index contributed by atoms with van der Waals surface area (Å²) in [6.45, 7) is 3.82. The van der Waals surface area contributed by atoms with Gasteiger partial charge in [-0.15, -0.1) is 0 Å². The smallest absolute Gasteiger partial charge is 0.214 e. The molecule has 0 spiro atoms. The highest BCUT2D eigenvalue weighted by Crippen LogP contribution is 2.25. The Morgan fingerprint density at radius 2 is 2.15 bits per heavy atom. The molecule has 0 unspecified atom stereocenters. The molecule has 0 radical (unpaired) electrons. The maximum absolute atomic E-state index is 13.6. The highest BCUT2D eigenvalue weighted by atomic mass is 79.9. The first-order chi connectivity index (χ1) is 9.45. The van der Waals surface area contributed by atoms with Crippen LogP contribution in [-0.2, 0) is 0 Å². The maximum atomic E-state index is 13.6. The lowest BCUT2D eigenvalue weighted by atomic mass is 10.1. The van der Waals surface area contributed by atoms with Gasteiger partial charge in [0, 0.05) is 11.6 Å². The SMILES string of the molecule is COc1cnn(C(C)C)c1C(=O)c1ccc(Br)c(F)c1. The zero-order valence-electron chi connectivity index (χ0n) is 11.4. The molecular weight excluding hydrogens is 327 g/mol. The predicted molar refractivity (Wildman–Crippen MR) is 76.7 cm³/mol. The molecule has 1 heterocycles. The Labute approximate surface area is 124 Å². The van der Waals surface area contributed by atoms with E-state index in [4.69, 9.17) is 4.74 Å². The lowest BCUT2D eigenvalue weighted by molar-refractivity contribution is 0.102. The van der Waals surface area contributed by atoms with Crippen LogP contribution >= 0.6 is 15.9 Å². The van der Waals surface area contributed by atoms with Gasteiger partial charge >= 0.3 is 0 Å². The Morgan fingerprint density at radius 1 is 1.45 bits per heavy atom. The van der Waals surface area contributed by atoms with Gasteiger partial charge in [-0.05, 0) is 48.0 Å². The van der Waals surface area contributed by atoms with Crippen LogP contribution in [0.2, 0.25) is 0 Å². The molecule has 2 rings (SSSR count). The molecule has 6 heteroatoms. The normalized spacial score (nSPS) is 10.9. The first-order valence-electron chi connectivity index (χ1n) is 6.07. The van der Waals surface area contributed by atoms with Crippen LogP contribution in [0.25, 0.3) is 0 Å². The van der Waals surface area contributed by atoms with Crippen molar-refractivity contribution in [1.82, 2.24) is 9.78 Å². The first-order valence-corrected chi connectivity index (χ1v) is 6.86. The van der Waals surface area contributed by atoms with Crippen molar-refractivity contribution in [1.29, 1.82) is 0 Å². The molecule has 0 atom stereocenters. The topological polar surface area (TPSA) is 44.1 Å². The third kappa shape index (κ3) is 2.60. The van der Waals surface area contributed by atoms with Crippen molar-refractivity contribution >= 4 is 21.7 Å². The Hall–Kier alpha value is -1.69. The van der Waals surface area contributed by atoms with Gasteiger partial charge in [0.25, 0.3) is 0 Å². The summed E-state index contributed by atoms with van der Waals surface area (Å²) in [5, 5.41) is 4.14. The highest BCUT2D eigenvalue weighted by Gasteiger charge is 2.23. The zero-order valence-corrected chi connectivity index (χ0v) is 12.9. The molecule has 4 nitrogen and oxygen atoms in total. The molecule has 0 saturated heterocycles. The number of ether oxygens (including phenoxy) is 1. The highest BCUT2D eigenvalue weighted by molar-refractivity contribution is 9.10. The van der Waals surface area contributed by atoms with Gasteiger partial charge in [0.05, 0.1) is 17.8 Å².